The highest BCUT2D eigenvalue weighted by molar-refractivity contribution is 6.12. The van der Waals surface area contributed by atoms with Crippen molar-refractivity contribution in [3.05, 3.63) is 167 Å². The van der Waals surface area contributed by atoms with E-state index in [1.54, 1.807) is 0 Å². The van der Waals surface area contributed by atoms with Crippen LogP contribution in [0, 0.1) is 0 Å². The average Bonchev–Trinajstić information content (AvgIpc) is 3.78. The Morgan fingerprint density at radius 2 is 1.37 bits per heavy atom. The first-order valence-corrected chi connectivity index (χ1v) is 17.9. The van der Waals surface area contributed by atoms with Gasteiger partial charge in [0, 0.05) is 45.2 Å². The fourth-order valence-corrected chi connectivity index (χ4v) is 8.19. The zero-order valence-electron chi connectivity index (χ0n) is 28.2. The number of aryl methyl sites for hydroxylation is 1. The highest BCUT2D eigenvalue weighted by atomic mass is 16.3. The molecule has 0 saturated heterocycles. The number of furan rings is 2. The van der Waals surface area contributed by atoms with E-state index in [-0.39, 0.29) is 5.92 Å². The lowest BCUT2D eigenvalue weighted by atomic mass is 9.77. The summed E-state index contributed by atoms with van der Waals surface area (Å²) in [7, 11) is 0. The van der Waals surface area contributed by atoms with Crippen LogP contribution in [0.1, 0.15) is 47.0 Å². The summed E-state index contributed by atoms with van der Waals surface area (Å²) in [5, 5.41) is 3.18. The minimum Gasteiger partial charge on any atom is -0.460 e. The maximum atomic E-state index is 6.56. The van der Waals surface area contributed by atoms with E-state index >= 15 is 0 Å². The molecule has 3 aliphatic carbocycles. The van der Waals surface area contributed by atoms with Crippen molar-refractivity contribution in [2.75, 3.05) is 0 Å². The molecular formula is C47H31N3O2. The summed E-state index contributed by atoms with van der Waals surface area (Å²) in [6, 6.07) is 37.9. The van der Waals surface area contributed by atoms with Gasteiger partial charge in [-0.3, -0.25) is 0 Å². The van der Waals surface area contributed by atoms with E-state index in [1.807, 2.05) is 30.3 Å². The van der Waals surface area contributed by atoms with Crippen molar-refractivity contribution >= 4 is 50.6 Å². The van der Waals surface area contributed by atoms with Gasteiger partial charge in [0.05, 0.1) is 0 Å². The molecule has 3 aliphatic rings. The van der Waals surface area contributed by atoms with Crippen molar-refractivity contribution in [2.45, 2.75) is 25.2 Å². The number of benzene rings is 5. The van der Waals surface area contributed by atoms with Crippen LogP contribution >= 0.6 is 0 Å². The predicted molar refractivity (Wildman–Crippen MR) is 209 cm³/mol. The smallest absolute Gasteiger partial charge is 0.164 e. The maximum Gasteiger partial charge on any atom is 0.164 e. The summed E-state index contributed by atoms with van der Waals surface area (Å²) in [5.41, 5.74) is 12.8. The van der Waals surface area contributed by atoms with Gasteiger partial charge in [-0.1, -0.05) is 115 Å². The van der Waals surface area contributed by atoms with E-state index in [0.717, 1.165) is 85.8 Å². The minimum atomic E-state index is 0.257. The van der Waals surface area contributed by atoms with E-state index < -0.39 is 0 Å². The van der Waals surface area contributed by atoms with Gasteiger partial charge < -0.3 is 8.83 Å². The van der Waals surface area contributed by atoms with Crippen LogP contribution in [0.5, 0.6) is 0 Å². The van der Waals surface area contributed by atoms with Gasteiger partial charge in [0.25, 0.3) is 0 Å². The van der Waals surface area contributed by atoms with E-state index in [4.69, 9.17) is 23.8 Å². The lowest BCUT2D eigenvalue weighted by Crippen LogP contribution is -2.12. The van der Waals surface area contributed by atoms with Gasteiger partial charge in [-0.25, -0.2) is 15.0 Å². The first kappa shape index (κ1) is 29.2. The van der Waals surface area contributed by atoms with Gasteiger partial charge in [-0.2, -0.15) is 0 Å². The van der Waals surface area contributed by atoms with Crippen LogP contribution in [-0.2, 0) is 6.42 Å². The van der Waals surface area contributed by atoms with Gasteiger partial charge in [0.2, 0.25) is 0 Å². The molecule has 0 N–H and O–H groups in total. The van der Waals surface area contributed by atoms with Crippen molar-refractivity contribution in [3.63, 3.8) is 0 Å². The van der Waals surface area contributed by atoms with E-state index in [9.17, 15) is 0 Å². The third kappa shape index (κ3) is 4.66. The van der Waals surface area contributed by atoms with Gasteiger partial charge in [-0.05, 0) is 76.6 Å². The maximum absolute atomic E-state index is 6.56. The lowest BCUT2D eigenvalue weighted by molar-refractivity contribution is 0.546. The average molecular weight is 670 g/mol. The molecule has 3 aromatic heterocycles. The number of rotatable bonds is 4. The largest absolute Gasteiger partial charge is 0.460 e. The second kappa shape index (κ2) is 11.5. The number of fused-ring (bicyclic) bond motifs is 9. The molecule has 0 amide bonds. The highest BCUT2D eigenvalue weighted by Crippen LogP contribution is 2.44. The van der Waals surface area contributed by atoms with Gasteiger partial charge in [0.1, 0.15) is 22.5 Å². The van der Waals surface area contributed by atoms with Crippen molar-refractivity contribution in [2.24, 2.45) is 0 Å². The predicted octanol–water partition coefficient (Wildman–Crippen LogP) is 12.0. The molecule has 5 heteroatoms. The normalized spacial score (nSPS) is 16.1. The van der Waals surface area contributed by atoms with Crippen LogP contribution < -0.4 is 0 Å². The lowest BCUT2D eigenvalue weighted by Gasteiger charge is -2.28. The first-order valence-electron chi connectivity index (χ1n) is 17.9. The number of allylic oxidation sites excluding steroid dienone is 6. The van der Waals surface area contributed by atoms with Crippen molar-refractivity contribution in [3.8, 4) is 33.9 Å². The Hall–Kier alpha value is -6.59. The second-order valence-electron chi connectivity index (χ2n) is 13.8. The third-order valence-electron chi connectivity index (χ3n) is 10.8. The summed E-state index contributed by atoms with van der Waals surface area (Å²) in [6.07, 6.45) is 16.0. The molecule has 11 rings (SSSR count). The van der Waals surface area contributed by atoms with Crippen LogP contribution in [0.15, 0.2) is 148 Å². The zero-order chi connectivity index (χ0) is 34.2. The fraction of sp³-hybridized carbons (Fsp3) is 0.0851. The molecule has 0 spiro atoms. The van der Waals surface area contributed by atoms with Crippen LogP contribution in [0.2, 0.25) is 0 Å². The number of aromatic nitrogens is 3. The zero-order valence-corrected chi connectivity index (χ0v) is 28.2. The molecule has 0 bridgehead atoms. The van der Waals surface area contributed by atoms with Crippen molar-refractivity contribution in [1.29, 1.82) is 0 Å². The molecular weight excluding hydrogens is 639 g/mol. The molecule has 0 saturated carbocycles. The second-order valence-corrected chi connectivity index (χ2v) is 13.8. The number of hydrogen-bond donors (Lipinski definition) is 0. The molecule has 0 radical (unpaired) electrons. The van der Waals surface area contributed by atoms with E-state index in [2.05, 4.69) is 115 Å². The quantitative estimate of drug-likeness (QED) is 0.187. The van der Waals surface area contributed by atoms with Crippen LogP contribution in [0.25, 0.3) is 84.5 Å². The van der Waals surface area contributed by atoms with Crippen LogP contribution in [-0.4, -0.2) is 15.0 Å². The SMILES string of the molecule is C1=Cc2c(oc3cc(-c4ccc5c(c4)oc4cccc(-c6nc(C7=CC=C8C=Cc9ccccc9C8C7)nc(-c7ccccc7)n6)c45)ccc23)CC1. The molecule has 1 atom stereocenters. The Bertz CT molecular complexity index is 2880. The van der Waals surface area contributed by atoms with Gasteiger partial charge in [-0.15, -0.1) is 0 Å². The van der Waals surface area contributed by atoms with Crippen LogP contribution in [0.4, 0.5) is 0 Å². The van der Waals surface area contributed by atoms with Crippen molar-refractivity contribution in [1.82, 2.24) is 15.0 Å². The van der Waals surface area contributed by atoms with Gasteiger partial charge >= 0.3 is 0 Å². The minimum absolute atomic E-state index is 0.257. The summed E-state index contributed by atoms with van der Waals surface area (Å²) in [4.78, 5) is 15.4. The molecule has 52 heavy (non-hydrogen) atoms. The standard InChI is InChI=1S/C47H31N3O2/c1-2-10-30(11-3-1)45-48-46(33-20-19-29-18-17-28-9-4-5-12-34(28)39(29)25-33)50-47(49-45)38-14-8-16-41-44(38)37-24-22-32(27-43(37)52-41)31-21-23-36-35-13-6-7-15-40(35)51-42(36)26-31/h1-6,8-14,16-24,26-27,39H,7,15,25H2. The summed E-state index contributed by atoms with van der Waals surface area (Å²) >= 11 is 0. The Morgan fingerprint density at radius 1 is 0.577 bits per heavy atom. The molecule has 5 nitrogen and oxygen atoms in total. The van der Waals surface area contributed by atoms with E-state index in [0.29, 0.717) is 17.5 Å². The molecule has 3 heterocycles. The third-order valence-corrected chi connectivity index (χ3v) is 10.8. The number of nitrogens with zero attached hydrogens (tertiary/aromatic N) is 3. The molecule has 0 aliphatic heterocycles. The Labute approximate surface area is 300 Å². The molecule has 8 aromatic rings. The first-order chi connectivity index (χ1) is 25.7. The molecule has 0 fully saturated rings. The molecule has 5 aromatic carbocycles. The van der Waals surface area contributed by atoms with Crippen LogP contribution in [0.3, 0.4) is 0 Å². The van der Waals surface area contributed by atoms with Gasteiger partial charge in [0.15, 0.2) is 17.5 Å². The molecule has 1 unspecified atom stereocenters. The monoisotopic (exact) mass is 669 g/mol. The Kier molecular flexibility index (Phi) is 6.44. The highest BCUT2D eigenvalue weighted by Gasteiger charge is 2.27. The van der Waals surface area contributed by atoms with Crippen molar-refractivity contribution < 1.29 is 8.83 Å². The summed E-state index contributed by atoms with van der Waals surface area (Å²) < 4.78 is 12.8. The Morgan fingerprint density at radius 3 is 2.27 bits per heavy atom. The summed E-state index contributed by atoms with van der Waals surface area (Å²) in [5.74, 6) is 3.31. The molecule has 246 valence electrons. The summed E-state index contributed by atoms with van der Waals surface area (Å²) in [6.45, 7) is 0. The topological polar surface area (TPSA) is 65.0 Å². The Balaban J connectivity index is 1.03. The number of hydrogen-bond acceptors (Lipinski definition) is 5. The fourth-order valence-electron chi connectivity index (χ4n) is 8.19. The van der Waals surface area contributed by atoms with E-state index in [1.165, 1.54) is 22.3 Å².